The van der Waals surface area contributed by atoms with Gasteiger partial charge in [-0.3, -0.25) is 4.79 Å². The van der Waals surface area contributed by atoms with Gasteiger partial charge in [0, 0.05) is 5.57 Å². The van der Waals surface area contributed by atoms with Crippen LogP contribution < -0.4 is 0 Å². The molecule has 1 unspecified atom stereocenters. The summed E-state index contributed by atoms with van der Waals surface area (Å²) in [6, 6.07) is 0. The molecule has 1 aliphatic carbocycles. The zero-order valence-electron chi connectivity index (χ0n) is 5.72. The molecule has 0 heterocycles. The molecule has 1 saturated carbocycles. The van der Waals surface area contributed by atoms with Gasteiger partial charge in [0.05, 0.1) is 13.0 Å². The van der Waals surface area contributed by atoms with Crippen LogP contribution in [0.15, 0.2) is 5.57 Å². The molecule has 0 bridgehead atoms. The molecule has 1 rings (SSSR count). The molecule has 0 aromatic carbocycles. The second-order valence-corrected chi connectivity index (χ2v) is 2.24. The van der Waals surface area contributed by atoms with Crippen molar-refractivity contribution < 1.29 is 14.3 Å². The van der Waals surface area contributed by atoms with Gasteiger partial charge in [0.25, 0.3) is 0 Å². The molecule has 0 aromatic rings. The number of hydrogen-bond acceptors (Lipinski definition) is 3. The summed E-state index contributed by atoms with van der Waals surface area (Å²) in [4.78, 5) is 20.8. The fourth-order valence-electron chi connectivity index (χ4n) is 0.958. The van der Waals surface area contributed by atoms with Crippen LogP contribution in [-0.2, 0) is 14.3 Å². The van der Waals surface area contributed by atoms with Gasteiger partial charge in [-0.2, -0.15) is 0 Å². The van der Waals surface area contributed by atoms with Crippen LogP contribution in [0.1, 0.15) is 12.8 Å². The standard InChI is InChI=1S/C7H8O3/c1-10-7(9)6-3-2-5(6)4-8/h6H,2-3H2,1H3. The Bertz CT molecular complexity index is 201. The van der Waals surface area contributed by atoms with E-state index in [0.29, 0.717) is 12.0 Å². The Kier molecular flexibility index (Phi) is 1.88. The first-order valence-corrected chi connectivity index (χ1v) is 3.11. The second-order valence-electron chi connectivity index (χ2n) is 2.24. The maximum atomic E-state index is 10.7. The van der Waals surface area contributed by atoms with Crippen LogP contribution in [0.25, 0.3) is 0 Å². The van der Waals surface area contributed by atoms with Crippen molar-refractivity contribution in [3.63, 3.8) is 0 Å². The van der Waals surface area contributed by atoms with Crippen molar-refractivity contribution in [1.29, 1.82) is 0 Å². The lowest BCUT2D eigenvalue weighted by molar-refractivity contribution is -0.145. The van der Waals surface area contributed by atoms with Crippen LogP contribution >= 0.6 is 0 Å². The average molecular weight is 140 g/mol. The van der Waals surface area contributed by atoms with Crippen LogP contribution in [0.5, 0.6) is 0 Å². The zero-order valence-corrected chi connectivity index (χ0v) is 5.72. The minimum atomic E-state index is -0.315. The fraction of sp³-hybridized carbons (Fsp3) is 0.571. The van der Waals surface area contributed by atoms with Crippen molar-refractivity contribution in [2.75, 3.05) is 7.11 Å². The molecule has 1 fully saturated rings. The van der Waals surface area contributed by atoms with Crippen molar-refractivity contribution in [2.24, 2.45) is 5.92 Å². The van der Waals surface area contributed by atoms with Gasteiger partial charge in [-0.05, 0) is 12.8 Å². The van der Waals surface area contributed by atoms with Crippen molar-refractivity contribution in [3.05, 3.63) is 5.57 Å². The van der Waals surface area contributed by atoms with Crippen molar-refractivity contribution in [3.8, 4) is 0 Å². The highest BCUT2D eigenvalue weighted by molar-refractivity contribution is 5.81. The lowest BCUT2D eigenvalue weighted by Gasteiger charge is -2.23. The van der Waals surface area contributed by atoms with Crippen LogP contribution in [0.2, 0.25) is 0 Å². The van der Waals surface area contributed by atoms with Gasteiger partial charge in [0.2, 0.25) is 0 Å². The lowest BCUT2D eigenvalue weighted by atomic mass is 9.80. The van der Waals surface area contributed by atoms with E-state index < -0.39 is 0 Å². The fourth-order valence-corrected chi connectivity index (χ4v) is 0.958. The number of ether oxygens (including phenoxy) is 1. The Morgan fingerprint density at radius 2 is 2.50 bits per heavy atom. The molecule has 0 spiro atoms. The Labute approximate surface area is 58.7 Å². The minimum Gasteiger partial charge on any atom is -0.469 e. The second kappa shape index (κ2) is 2.67. The number of hydrogen-bond donors (Lipinski definition) is 0. The van der Waals surface area contributed by atoms with Crippen LogP contribution in [-0.4, -0.2) is 19.0 Å². The predicted octanol–water partition coefficient (Wildman–Crippen LogP) is 0.327. The van der Waals surface area contributed by atoms with Crippen molar-refractivity contribution in [1.82, 2.24) is 0 Å². The topological polar surface area (TPSA) is 43.4 Å². The molecule has 0 radical (unpaired) electrons. The first-order chi connectivity index (χ1) is 4.79. The maximum absolute atomic E-state index is 10.7. The molecular weight excluding hydrogens is 132 g/mol. The van der Waals surface area contributed by atoms with E-state index in [2.05, 4.69) is 4.74 Å². The van der Waals surface area contributed by atoms with Gasteiger partial charge in [0.15, 0.2) is 0 Å². The van der Waals surface area contributed by atoms with E-state index in [1.807, 2.05) is 0 Å². The lowest BCUT2D eigenvalue weighted by Crippen LogP contribution is -2.26. The number of rotatable bonds is 1. The maximum Gasteiger partial charge on any atom is 0.313 e. The van der Waals surface area contributed by atoms with E-state index in [4.69, 9.17) is 0 Å². The first kappa shape index (κ1) is 7.03. The van der Waals surface area contributed by atoms with E-state index in [1.165, 1.54) is 7.11 Å². The van der Waals surface area contributed by atoms with Crippen LogP contribution in [0.4, 0.5) is 0 Å². The molecule has 3 nitrogen and oxygen atoms in total. The number of carbonyl (C=O) groups is 1. The molecule has 3 heteroatoms. The van der Waals surface area contributed by atoms with Crippen molar-refractivity contribution >= 4 is 11.9 Å². The van der Waals surface area contributed by atoms with Gasteiger partial charge in [0.1, 0.15) is 5.94 Å². The Balaban J connectivity index is 2.59. The summed E-state index contributed by atoms with van der Waals surface area (Å²) in [5, 5.41) is 0. The van der Waals surface area contributed by atoms with Crippen molar-refractivity contribution in [2.45, 2.75) is 12.8 Å². The number of esters is 1. The summed E-state index contributed by atoms with van der Waals surface area (Å²) in [6.45, 7) is 0. The number of carbonyl (C=O) groups excluding carboxylic acids is 2. The molecule has 0 aliphatic heterocycles. The van der Waals surface area contributed by atoms with Crippen LogP contribution in [0, 0.1) is 5.92 Å². The smallest absolute Gasteiger partial charge is 0.313 e. The van der Waals surface area contributed by atoms with E-state index in [-0.39, 0.29) is 11.9 Å². The number of methoxy groups -OCH3 is 1. The minimum absolute atomic E-state index is 0.289. The third kappa shape index (κ3) is 0.957. The summed E-state index contributed by atoms with van der Waals surface area (Å²) in [5.74, 6) is 1.13. The first-order valence-electron chi connectivity index (χ1n) is 3.11. The summed E-state index contributed by atoms with van der Waals surface area (Å²) in [5.41, 5.74) is 0.548. The third-order valence-corrected chi connectivity index (χ3v) is 1.74. The third-order valence-electron chi connectivity index (χ3n) is 1.74. The summed E-state index contributed by atoms with van der Waals surface area (Å²) in [6.07, 6.45) is 1.43. The van der Waals surface area contributed by atoms with E-state index in [9.17, 15) is 9.59 Å². The highest BCUT2D eigenvalue weighted by atomic mass is 16.5. The van der Waals surface area contributed by atoms with Crippen LogP contribution in [0.3, 0.4) is 0 Å². The molecule has 10 heavy (non-hydrogen) atoms. The van der Waals surface area contributed by atoms with E-state index in [0.717, 1.165) is 6.42 Å². The summed E-state index contributed by atoms with van der Waals surface area (Å²) >= 11 is 0. The molecule has 54 valence electrons. The SMILES string of the molecule is COC(=O)C1CCC1=C=O. The van der Waals surface area contributed by atoms with Gasteiger partial charge in [-0.25, -0.2) is 4.79 Å². The average Bonchev–Trinajstić information content (AvgIpc) is 1.86. The molecular formula is C7H8O3. The molecule has 0 saturated heterocycles. The zero-order chi connectivity index (χ0) is 7.56. The monoisotopic (exact) mass is 140 g/mol. The Hall–Kier alpha value is -1.08. The van der Waals surface area contributed by atoms with Gasteiger partial charge < -0.3 is 4.74 Å². The quantitative estimate of drug-likeness (QED) is 0.389. The summed E-state index contributed by atoms with van der Waals surface area (Å²) in [7, 11) is 1.32. The highest BCUT2D eigenvalue weighted by Crippen LogP contribution is 2.31. The molecule has 1 atom stereocenters. The molecule has 0 N–H and O–H groups in total. The summed E-state index contributed by atoms with van der Waals surface area (Å²) < 4.78 is 4.45. The Morgan fingerprint density at radius 3 is 2.80 bits per heavy atom. The highest BCUT2D eigenvalue weighted by Gasteiger charge is 2.32. The molecule has 0 aromatic heterocycles. The normalized spacial score (nSPS) is 22.9. The largest absolute Gasteiger partial charge is 0.469 e. The van der Waals surface area contributed by atoms with Gasteiger partial charge >= 0.3 is 5.97 Å². The molecule has 0 amide bonds. The molecule has 1 aliphatic rings. The van der Waals surface area contributed by atoms with Gasteiger partial charge in [-0.1, -0.05) is 0 Å². The van der Waals surface area contributed by atoms with E-state index in [1.54, 1.807) is 5.94 Å². The van der Waals surface area contributed by atoms with Gasteiger partial charge in [-0.15, -0.1) is 0 Å². The Morgan fingerprint density at radius 1 is 1.80 bits per heavy atom. The van der Waals surface area contributed by atoms with E-state index >= 15 is 0 Å². The predicted molar refractivity (Wildman–Crippen MR) is 33.9 cm³/mol.